The van der Waals surface area contributed by atoms with E-state index in [-0.39, 0.29) is 11.8 Å². The molecule has 0 fully saturated rings. The predicted octanol–water partition coefficient (Wildman–Crippen LogP) is 4.08. The maximum Gasteiger partial charge on any atom is 0.319 e. The van der Waals surface area contributed by atoms with Gasteiger partial charge in [-0.05, 0) is 48.5 Å². The number of pyridine rings is 1. The van der Waals surface area contributed by atoms with Crippen LogP contribution in [0.25, 0.3) is 22.6 Å². The monoisotopic (exact) mass is 435 g/mol. The van der Waals surface area contributed by atoms with E-state index in [1.54, 1.807) is 43.6 Å². The number of hydrogen-bond donors (Lipinski definition) is 2. The lowest BCUT2D eigenvalue weighted by atomic mass is 10.2. The molecule has 2 heterocycles. The van der Waals surface area contributed by atoms with Crippen LogP contribution in [0.1, 0.15) is 0 Å². The molecule has 2 N–H and O–H groups in total. The first-order valence-corrected chi connectivity index (χ1v) is 9.93. The van der Waals surface area contributed by atoms with Crippen molar-refractivity contribution in [2.45, 2.75) is 6.54 Å². The Bertz CT molecular complexity index is 1240. The van der Waals surface area contributed by atoms with Crippen LogP contribution in [-0.4, -0.2) is 41.3 Å². The lowest BCUT2D eigenvalue weighted by molar-refractivity contribution is 0.251. The summed E-state index contributed by atoms with van der Waals surface area (Å²) in [6, 6.07) is 14.5. The second-order valence-corrected chi connectivity index (χ2v) is 6.89. The van der Waals surface area contributed by atoms with Crippen molar-refractivity contribution in [3.63, 3.8) is 0 Å². The van der Waals surface area contributed by atoms with Gasteiger partial charge in [0.25, 0.3) is 0 Å². The average molecular weight is 435 g/mol. The summed E-state index contributed by atoms with van der Waals surface area (Å²) in [5.74, 6) is 1.45. The highest BCUT2D eigenvalue weighted by atomic mass is 19.1. The zero-order valence-electron chi connectivity index (χ0n) is 17.6. The van der Waals surface area contributed by atoms with E-state index >= 15 is 0 Å². The van der Waals surface area contributed by atoms with Crippen LogP contribution in [-0.2, 0) is 6.54 Å². The fourth-order valence-corrected chi connectivity index (χ4v) is 3.34. The summed E-state index contributed by atoms with van der Waals surface area (Å²) in [5, 5.41) is 5.60. The van der Waals surface area contributed by atoms with Crippen LogP contribution >= 0.6 is 0 Å². The molecule has 0 atom stereocenters. The minimum Gasteiger partial charge on any atom is -0.497 e. The average Bonchev–Trinajstić information content (AvgIpc) is 3.18. The van der Waals surface area contributed by atoms with Crippen LogP contribution in [0.2, 0.25) is 0 Å². The smallest absolute Gasteiger partial charge is 0.319 e. The molecule has 0 spiro atoms. The molecule has 2 aromatic heterocycles. The number of rotatable bonds is 7. The standard InChI is InChI=1S/C23H22FN5O3/c1-31-17-9-10-18(20(14-17)32-2)28-23(30)26-12-13-29-21(15-5-7-16(24)8-6-15)27-19-4-3-11-25-22(19)29/h3-11,14H,12-13H2,1-2H3,(H2,26,28,30). The van der Waals surface area contributed by atoms with E-state index in [1.165, 1.54) is 19.2 Å². The Morgan fingerprint density at radius 3 is 2.66 bits per heavy atom. The summed E-state index contributed by atoms with van der Waals surface area (Å²) in [6.07, 6.45) is 1.69. The van der Waals surface area contributed by atoms with Gasteiger partial charge in [0.2, 0.25) is 0 Å². The van der Waals surface area contributed by atoms with Crippen LogP contribution in [0, 0.1) is 5.82 Å². The number of carbonyl (C=O) groups is 1. The Labute approximate surface area is 184 Å². The fraction of sp³-hybridized carbons (Fsp3) is 0.174. The van der Waals surface area contributed by atoms with Gasteiger partial charge in [-0.15, -0.1) is 0 Å². The van der Waals surface area contributed by atoms with Gasteiger partial charge in [-0.2, -0.15) is 0 Å². The number of nitrogens with one attached hydrogen (secondary N) is 2. The number of halogens is 1. The van der Waals surface area contributed by atoms with Gasteiger partial charge in [0, 0.05) is 30.9 Å². The van der Waals surface area contributed by atoms with Gasteiger partial charge in [-0.3, -0.25) is 0 Å². The van der Waals surface area contributed by atoms with E-state index in [2.05, 4.69) is 20.6 Å². The van der Waals surface area contributed by atoms with Crippen LogP contribution < -0.4 is 20.1 Å². The van der Waals surface area contributed by atoms with Crippen molar-refractivity contribution < 1.29 is 18.7 Å². The SMILES string of the molecule is COc1ccc(NC(=O)NCCn2c(-c3ccc(F)cc3)nc3cccnc32)c(OC)c1. The van der Waals surface area contributed by atoms with Gasteiger partial charge in [-0.1, -0.05) is 0 Å². The molecule has 8 nitrogen and oxygen atoms in total. The molecule has 0 aliphatic carbocycles. The molecule has 0 bridgehead atoms. The van der Waals surface area contributed by atoms with E-state index in [1.807, 2.05) is 16.7 Å². The van der Waals surface area contributed by atoms with Gasteiger partial charge in [-0.25, -0.2) is 19.2 Å². The Balaban J connectivity index is 1.48. The summed E-state index contributed by atoms with van der Waals surface area (Å²) >= 11 is 0. The number of nitrogens with zero attached hydrogens (tertiary/aromatic N) is 3. The molecule has 0 saturated carbocycles. The second kappa shape index (κ2) is 9.34. The highest BCUT2D eigenvalue weighted by Gasteiger charge is 2.14. The maximum absolute atomic E-state index is 13.4. The lowest BCUT2D eigenvalue weighted by Gasteiger charge is -2.13. The number of aromatic nitrogens is 3. The molecule has 0 aliphatic rings. The highest BCUT2D eigenvalue weighted by Crippen LogP contribution is 2.29. The number of fused-ring (bicyclic) bond motifs is 1. The molecule has 0 unspecified atom stereocenters. The van der Waals surface area contributed by atoms with Gasteiger partial charge < -0.3 is 24.7 Å². The largest absolute Gasteiger partial charge is 0.497 e. The summed E-state index contributed by atoms with van der Waals surface area (Å²) in [5.41, 5.74) is 2.69. The normalized spacial score (nSPS) is 10.7. The van der Waals surface area contributed by atoms with E-state index < -0.39 is 0 Å². The number of hydrogen-bond acceptors (Lipinski definition) is 5. The quantitative estimate of drug-likeness (QED) is 0.457. The van der Waals surface area contributed by atoms with Gasteiger partial charge in [0.1, 0.15) is 28.7 Å². The third-order valence-corrected chi connectivity index (χ3v) is 4.88. The minimum absolute atomic E-state index is 0.318. The number of imidazole rings is 1. The molecular formula is C23H22FN5O3. The highest BCUT2D eigenvalue weighted by molar-refractivity contribution is 5.91. The number of amides is 2. The molecule has 9 heteroatoms. The number of benzene rings is 2. The minimum atomic E-state index is -0.380. The number of urea groups is 1. The van der Waals surface area contributed by atoms with Crippen molar-refractivity contribution in [3.05, 3.63) is 66.6 Å². The Morgan fingerprint density at radius 1 is 1.09 bits per heavy atom. The molecule has 0 saturated heterocycles. The molecule has 0 aliphatic heterocycles. The first kappa shape index (κ1) is 21.1. The lowest BCUT2D eigenvalue weighted by Crippen LogP contribution is -2.31. The van der Waals surface area contributed by atoms with Crippen molar-refractivity contribution >= 4 is 22.9 Å². The number of ether oxygens (including phenoxy) is 2. The van der Waals surface area contributed by atoms with Crippen molar-refractivity contribution in [1.82, 2.24) is 19.9 Å². The third-order valence-electron chi connectivity index (χ3n) is 4.88. The van der Waals surface area contributed by atoms with Crippen LogP contribution in [0.15, 0.2) is 60.8 Å². The molecule has 4 rings (SSSR count). The second-order valence-electron chi connectivity index (χ2n) is 6.89. The first-order chi connectivity index (χ1) is 15.6. The van der Waals surface area contributed by atoms with E-state index in [0.29, 0.717) is 41.7 Å². The van der Waals surface area contributed by atoms with Crippen LogP contribution in [0.3, 0.4) is 0 Å². The summed E-state index contributed by atoms with van der Waals surface area (Å²) in [4.78, 5) is 21.5. The number of carbonyl (C=O) groups excluding carboxylic acids is 1. The van der Waals surface area contributed by atoms with Gasteiger partial charge in [0.15, 0.2) is 5.65 Å². The molecule has 0 radical (unpaired) electrons. The topological polar surface area (TPSA) is 90.3 Å². The van der Waals surface area contributed by atoms with E-state index in [0.717, 1.165) is 11.1 Å². The summed E-state index contributed by atoms with van der Waals surface area (Å²) in [7, 11) is 3.08. The summed E-state index contributed by atoms with van der Waals surface area (Å²) < 4.78 is 25.7. The van der Waals surface area contributed by atoms with Gasteiger partial charge in [0.05, 0.1) is 19.9 Å². The van der Waals surface area contributed by atoms with E-state index in [9.17, 15) is 9.18 Å². The fourth-order valence-electron chi connectivity index (χ4n) is 3.34. The number of methoxy groups -OCH3 is 2. The van der Waals surface area contributed by atoms with Crippen LogP contribution in [0.4, 0.5) is 14.9 Å². The van der Waals surface area contributed by atoms with Gasteiger partial charge >= 0.3 is 6.03 Å². The molecule has 4 aromatic rings. The first-order valence-electron chi connectivity index (χ1n) is 9.93. The molecule has 164 valence electrons. The van der Waals surface area contributed by atoms with Crippen molar-refractivity contribution in [2.75, 3.05) is 26.1 Å². The Hall–Kier alpha value is -4.14. The van der Waals surface area contributed by atoms with Crippen molar-refractivity contribution in [3.8, 4) is 22.9 Å². The zero-order chi connectivity index (χ0) is 22.5. The molecule has 2 amide bonds. The summed E-state index contributed by atoms with van der Waals surface area (Å²) in [6.45, 7) is 0.744. The third kappa shape index (κ3) is 4.46. The zero-order valence-corrected chi connectivity index (χ0v) is 17.6. The predicted molar refractivity (Wildman–Crippen MR) is 119 cm³/mol. The van der Waals surface area contributed by atoms with Crippen LogP contribution in [0.5, 0.6) is 11.5 Å². The molecule has 32 heavy (non-hydrogen) atoms. The Morgan fingerprint density at radius 2 is 1.91 bits per heavy atom. The number of anilines is 1. The van der Waals surface area contributed by atoms with Crippen molar-refractivity contribution in [1.29, 1.82) is 0 Å². The maximum atomic E-state index is 13.4. The Kier molecular flexibility index (Phi) is 6.16. The molecular weight excluding hydrogens is 413 g/mol. The van der Waals surface area contributed by atoms with E-state index in [4.69, 9.17) is 9.47 Å². The molecule has 2 aromatic carbocycles. The van der Waals surface area contributed by atoms with Crippen molar-refractivity contribution in [2.24, 2.45) is 0 Å².